The third-order valence-electron chi connectivity index (χ3n) is 4.92. The zero-order valence-electron chi connectivity index (χ0n) is 12.9. The van der Waals surface area contributed by atoms with Gasteiger partial charge >= 0.3 is 0 Å². The molecule has 2 N–H and O–H groups in total. The van der Waals surface area contributed by atoms with Crippen LogP contribution >= 0.6 is 12.4 Å². The molecule has 0 radical (unpaired) electrons. The molecule has 1 aliphatic heterocycles. The standard InChI is InChI=1S/C17H25NO3.ClH/c19-12-18(20)10-14-7-4-8-15-11-21-17(9-16(14)15)13-5-2-1-3-6-13;/h4,7-8,13,17,19-20H,1-3,5-6,9-12H2;1H. The molecule has 1 aromatic rings. The van der Waals surface area contributed by atoms with Gasteiger partial charge < -0.3 is 15.1 Å². The van der Waals surface area contributed by atoms with Gasteiger partial charge in [-0.3, -0.25) is 0 Å². The molecule has 0 amide bonds. The number of aliphatic hydroxyl groups is 1. The summed E-state index contributed by atoms with van der Waals surface area (Å²) in [4.78, 5) is 0. The first-order valence-corrected chi connectivity index (χ1v) is 8.04. The molecular formula is C17H26ClNO3. The molecule has 5 heteroatoms. The fourth-order valence-electron chi connectivity index (χ4n) is 3.75. The molecule has 0 aromatic heterocycles. The Bertz CT molecular complexity index is 477. The smallest absolute Gasteiger partial charge is 0.119 e. The highest BCUT2D eigenvalue weighted by Crippen LogP contribution is 2.34. The molecule has 1 heterocycles. The zero-order valence-corrected chi connectivity index (χ0v) is 13.7. The fourth-order valence-corrected chi connectivity index (χ4v) is 3.75. The highest BCUT2D eigenvalue weighted by Gasteiger charge is 2.29. The Kier molecular flexibility index (Phi) is 6.66. The van der Waals surface area contributed by atoms with Crippen molar-refractivity contribution < 1.29 is 15.1 Å². The van der Waals surface area contributed by atoms with E-state index in [0.29, 0.717) is 25.2 Å². The van der Waals surface area contributed by atoms with Gasteiger partial charge in [-0.15, -0.1) is 12.4 Å². The molecule has 124 valence electrons. The highest BCUT2D eigenvalue weighted by atomic mass is 35.5. The predicted molar refractivity (Wildman–Crippen MR) is 87.0 cm³/mol. The van der Waals surface area contributed by atoms with Gasteiger partial charge in [0.1, 0.15) is 6.73 Å². The second-order valence-corrected chi connectivity index (χ2v) is 6.31. The predicted octanol–water partition coefficient (Wildman–Crippen LogP) is 3.27. The SMILES string of the molecule is Cl.OCN(O)Cc1cccc2c1CC(C1CCCCC1)OC2. The van der Waals surface area contributed by atoms with Crippen LogP contribution in [0, 0.1) is 5.92 Å². The maximum atomic E-state index is 9.58. The average molecular weight is 328 g/mol. The minimum absolute atomic E-state index is 0. The van der Waals surface area contributed by atoms with Gasteiger partial charge in [-0.1, -0.05) is 37.5 Å². The van der Waals surface area contributed by atoms with E-state index in [1.807, 2.05) is 12.1 Å². The molecule has 0 saturated heterocycles. The maximum absolute atomic E-state index is 9.58. The zero-order chi connectivity index (χ0) is 14.7. The molecule has 3 rings (SSSR count). The van der Waals surface area contributed by atoms with E-state index in [0.717, 1.165) is 17.0 Å². The van der Waals surface area contributed by atoms with Crippen molar-refractivity contribution in [2.45, 2.75) is 57.8 Å². The van der Waals surface area contributed by atoms with Gasteiger partial charge in [0.05, 0.1) is 19.3 Å². The maximum Gasteiger partial charge on any atom is 0.119 e. The molecule has 1 atom stereocenters. The summed E-state index contributed by atoms with van der Waals surface area (Å²) in [6.45, 7) is 0.707. The molecular weight excluding hydrogens is 302 g/mol. The number of aliphatic hydroxyl groups excluding tert-OH is 1. The van der Waals surface area contributed by atoms with Gasteiger partial charge in [0.15, 0.2) is 0 Å². The summed E-state index contributed by atoms with van der Waals surface area (Å²) >= 11 is 0. The topological polar surface area (TPSA) is 52.9 Å². The monoisotopic (exact) mass is 327 g/mol. The Balaban J connectivity index is 0.00000176. The number of hydrogen-bond donors (Lipinski definition) is 2. The van der Waals surface area contributed by atoms with E-state index in [1.54, 1.807) is 0 Å². The van der Waals surface area contributed by atoms with Crippen molar-refractivity contribution in [2.24, 2.45) is 5.92 Å². The Morgan fingerprint density at radius 1 is 1.18 bits per heavy atom. The number of benzene rings is 1. The van der Waals surface area contributed by atoms with Gasteiger partial charge in [0.25, 0.3) is 0 Å². The minimum Gasteiger partial charge on any atom is -0.379 e. The Morgan fingerprint density at radius 2 is 1.95 bits per heavy atom. The molecule has 4 nitrogen and oxygen atoms in total. The second kappa shape index (κ2) is 8.27. The van der Waals surface area contributed by atoms with Gasteiger partial charge in [-0.25, -0.2) is 0 Å². The summed E-state index contributed by atoms with van der Waals surface area (Å²) in [5, 5.41) is 19.5. The van der Waals surface area contributed by atoms with Crippen LogP contribution in [0.1, 0.15) is 48.8 Å². The average Bonchev–Trinajstić information content (AvgIpc) is 2.55. The molecule has 1 aromatic carbocycles. The molecule has 1 fully saturated rings. The number of fused-ring (bicyclic) bond motifs is 1. The van der Waals surface area contributed by atoms with Gasteiger partial charge in [0.2, 0.25) is 0 Å². The minimum atomic E-state index is -0.341. The van der Waals surface area contributed by atoms with E-state index in [4.69, 9.17) is 9.84 Å². The van der Waals surface area contributed by atoms with Crippen LogP contribution in [0.5, 0.6) is 0 Å². The van der Waals surface area contributed by atoms with Crippen molar-refractivity contribution in [1.82, 2.24) is 5.06 Å². The quantitative estimate of drug-likeness (QED) is 0.658. The molecule has 1 unspecified atom stereocenters. The molecule has 0 bridgehead atoms. The first-order valence-electron chi connectivity index (χ1n) is 8.04. The third kappa shape index (κ3) is 4.00. The van der Waals surface area contributed by atoms with Crippen molar-refractivity contribution in [2.75, 3.05) is 6.73 Å². The summed E-state index contributed by atoms with van der Waals surface area (Å²) in [7, 11) is 0. The van der Waals surface area contributed by atoms with Crippen molar-refractivity contribution in [1.29, 1.82) is 0 Å². The van der Waals surface area contributed by atoms with Crippen LogP contribution in [0.3, 0.4) is 0 Å². The van der Waals surface area contributed by atoms with Crippen LogP contribution in [0.15, 0.2) is 18.2 Å². The summed E-state index contributed by atoms with van der Waals surface area (Å²) in [5.74, 6) is 0.683. The van der Waals surface area contributed by atoms with E-state index in [2.05, 4.69) is 6.07 Å². The van der Waals surface area contributed by atoms with E-state index >= 15 is 0 Å². The van der Waals surface area contributed by atoms with Crippen LogP contribution in [0.2, 0.25) is 0 Å². The number of rotatable bonds is 4. The van der Waals surface area contributed by atoms with Gasteiger partial charge in [-0.2, -0.15) is 5.06 Å². The number of halogens is 1. The lowest BCUT2D eigenvalue weighted by atomic mass is 9.81. The number of hydrogen-bond acceptors (Lipinski definition) is 4. The van der Waals surface area contributed by atoms with Crippen molar-refractivity contribution in [3.05, 3.63) is 34.9 Å². The van der Waals surface area contributed by atoms with Crippen molar-refractivity contribution in [3.63, 3.8) is 0 Å². The highest BCUT2D eigenvalue weighted by molar-refractivity contribution is 5.85. The molecule has 22 heavy (non-hydrogen) atoms. The van der Waals surface area contributed by atoms with Gasteiger partial charge in [0, 0.05) is 0 Å². The number of hydroxylamine groups is 2. The summed E-state index contributed by atoms with van der Waals surface area (Å²) < 4.78 is 6.10. The van der Waals surface area contributed by atoms with E-state index in [-0.39, 0.29) is 19.1 Å². The summed E-state index contributed by atoms with van der Waals surface area (Å²) in [6.07, 6.45) is 7.84. The second-order valence-electron chi connectivity index (χ2n) is 6.31. The normalized spacial score (nSPS) is 22.2. The number of ether oxygens (including phenoxy) is 1. The van der Waals surface area contributed by atoms with E-state index < -0.39 is 0 Å². The molecule has 1 saturated carbocycles. The van der Waals surface area contributed by atoms with Crippen molar-refractivity contribution >= 4 is 12.4 Å². The lowest BCUT2D eigenvalue weighted by Gasteiger charge is -2.35. The molecule has 2 aliphatic rings. The van der Waals surface area contributed by atoms with Crippen LogP contribution in [0.4, 0.5) is 0 Å². The van der Waals surface area contributed by atoms with E-state index in [9.17, 15) is 5.21 Å². The third-order valence-corrected chi connectivity index (χ3v) is 4.92. The Labute approximate surface area is 138 Å². The molecule has 0 spiro atoms. The number of nitrogens with zero attached hydrogens (tertiary/aromatic N) is 1. The van der Waals surface area contributed by atoms with Crippen molar-refractivity contribution in [3.8, 4) is 0 Å². The lowest BCUT2D eigenvalue weighted by Crippen LogP contribution is -2.32. The first-order chi connectivity index (χ1) is 10.3. The largest absolute Gasteiger partial charge is 0.379 e. The molecule has 1 aliphatic carbocycles. The van der Waals surface area contributed by atoms with Crippen LogP contribution in [0.25, 0.3) is 0 Å². The summed E-state index contributed by atoms with van der Waals surface area (Å²) in [6, 6.07) is 6.15. The van der Waals surface area contributed by atoms with Gasteiger partial charge in [-0.05, 0) is 41.9 Å². The first kappa shape index (κ1) is 17.7. The van der Waals surface area contributed by atoms with Crippen LogP contribution < -0.4 is 0 Å². The van der Waals surface area contributed by atoms with E-state index in [1.165, 1.54) is 43.2 Å². The van der Waals surface area contributed by atoms with Crippen LogP contribution in [-0.4, -0.2) is 28.2 Å². The summed E-state index contributed by atoms with van der Waals surface area (Å²) in [5.41, 5.74) is 3.64. The Hall–Kier alpha value is -0.650. The fraction of sp³-hybridized carbons (Fsp3) is 0.647. The Morgan fingerprint density at radius 3 is 2.68 bits per heavy atom. The lowest BCUT2D eigenvalue weighted by molar-refractivity contribution is -0.150. The van der Waals surface area contributed by atoms with Crippen LogP contribution in [-0.2, 0) is 24.3 Å².